The molecule has 0 aliphatic rings. The highest BCUT2D eigenvalue weighted by Crippen LogP contribution is 2.24. The Morgan fingerprint density at radius 1 is 1.35 bits per heavy atom. The van der Waals surface area contributed by atoms with Gasteiger partial charge >= 0.3 is 0 Å². The number of pyridine rings is 1. The van der Waals surface area contributed by atoms with E-state index in [0.717, 1.165) is 25.3 Å². The van der Waals surface area contributed by atoms with Gasteiger partial charge in [-0.25, -0.2) is 4.98 Å². The normalized spacial score (nSPS) is 12.6. The van der Waals surface area contributed by atoms with Crippen LogP contribution in [0.3, 0.4) is 0 Å². The van der Waals surface area contributed by atoms with E-state index in [1.54, 1.807) is 0 Å². The van der Waals surface area contributed by atoms with E-state index in [1.165, 1.54) is 10.4 Å². The van der Waals surface area contributed by atoms with Gasteiger partial charge in [0.25, 0.3) is 0 Å². The second-order valence-electron chi connectivity index (χ2n) is 5.08. The molecule has 2 aromatic heterocycles. The summed E-state index contributed by atoms with van der Waals surface area (Å²) in [4.78, 5) is 8.21. The Morgan fingerprint density at radius 3 is 2.80 bits per heavy atom. The monoisotopic (exact) mass is 289 g/mol. The molecule has 2 rings (SSSR count). The van der Waals surface area contributed by atoms with E-state index >= 15 is 0 Å². The van der Waals surface area contributed by atoms with E-state index in [2.05, 4.69) is 65.7 Å². The van der Waals surface area contributed by atoms with Gasteiger partial charge < -0.3 is 5.32 Å². The largest absolute Gasteiger partial charge is 0.370 e. The minimum absolute atomic E-state index is 0.438. The SMILES string of the molecule is CCCNc1ccc(CN(C)C(C)c2cccs2)cn1. The summed E-state index contributed by atoms with van der Waals surface area (Å²) in [5.41, 5.74) is 1.25. The van der Waals surface area contributed by atoms with Gasteiger partial charge in [-0.1, -0.05) is 19.1 Å². The molecule has 0 bridgehead atoms. The van der Waals surface area contributed by atoms with Crippen LogP contribution >= 0.6 is 11.3 Å². The summed E-state index contributed by atoms with van der Waals surface area (Å²) < 4.78 is 0. The fourth-order valence-corrected chi connectivity index (χ4v) is 2.90. The van der Waals surface area contributed by atoms with Crippen molar-refractivity contribution in [2.45, 2.75) is 32.9 Å². The molecule has 20 heavy (non-hydrogen) atoms. The number of thiophene rings is 1. The number of hydrogen-bond acceptors (Lipinski definition) is 4. The van der Waals surface area contributed by atoms with Crippen LogP contribution in [0.4, 0.5) is 5.82 Å². The summed E-state index contributed by atoms with van der Waals surface area (Å²) in [6.07, 6.45) is 3.08. The highest BCUT2D eigenvalue weighted by molar-refractivity contribution is 7.10. The van der Waals surface area contributed by atoms with Crippen molar-refractivity contribution < 1.29 is 0 Å². The van der Waals surface area contributed by atoms with Crippen LogP contribution in [0.1, 0.15) is 36.8 Å². The Bertz CT molecular complexity index is 493. The predicted octanol–water partition coefficient (Wildman–Crippen LogP) is 4.16. The lowest BCUT2D eigenvalue weighted by molar-refractivity contribution is 0.256. The molecule has 0 spiro atoms. The molecule has 0 aliphatic carbocycles. The third-order valence-electron chi connectivity index (χ3n) is 3.43. The summed E-state index contributed by atoms with van der Waals surface area (Å²) >= 11 is 1.81. The predicted molar refractivity (Wildman–Crippen MR) is 87.2 cm³/mol. The number of hydrogen-bond donors (Lipinski definition) is 1. The molecule has 0 fully saturated rings. The maximum atomic E-state index is 4.46. The van der Waals surface area contributed by atoms with E-state index in [-0.39, 0.29) is 0 Å². The van der Waals surface area contributed by atoms with Gasteiger partial charge in [0.05, 0.1) is 0 Å². The Kier molecular flexibility index (Phi) is 5.56. The number of anilines is 1. The molecule has 3 nitrogen and oxygen atoms in total. The molecule has 0 radical (unpaired) electrons. The van der Waals surface area contributed by atoms with Crippen molar-refractivity contribution in [1.29, 1.82) is 0 Å². The van der Waals surface area contributed by atoms with Gasteiger partial charge in [0, 0.05) is 30.2 Å². The van der Waals surface area contributed by atoms with Crippen molar-refractivity contribution in [1.82, 2.24) is 9.88 Å². The van der Waals surface area contributed by atoms with Crippen molar-refractivity contribution in [3.63, 3.8) is 0 Å². The summed E-state index contributed by atoms with van der Waals surface area (Å²) in [5, 5.41) is 5.43. The Balaban J connectivity index is 1.92. The van der Waals surface area contributed by atoms with Gasteiger partial charge in [0.15, 0.2) is 0 Å². The van der Waals surface area contributed by atoms with Gasteiger partial charge in [-0.05, 0) is 43.5 Å². The van der Waals surface area contributed by atoms with Crippen molar-refractivity contribution in [2.24, 2.45) is 0 Å². The zero-order valence-electron chi connectivity index (χ0n) is 12.5. The number of nitrogens with zero attached hydrogens (tertiary/aromatic N) is 2. The highest BCUT2D eigenvalue weighted by Gasteiger charge is 2.12. The average molecular weight is 289 g/mol. The maximum absolute atomic E-state index is 4.46. The quantitative estimate of drug-likeness (QED) is 0.829. The molecule has 108 valence electrons. The van der Waals surface area contributed by atoms with Crippen molar-refractivity contribution in [2.75, 3.05) is 18.9 Å². The lowest BCUT2D eigenvalue weighted by atomic mass is 10.2. The van der Waals surface area contributed by atoms with Crippen LogP contribution in [0.25, 0.3) is 0 Å². The van der Waals surface area contributed by atoms with Crippen LogP contribution in [0, 0.1) is 0 Å². The van der Waals surface area contributed by atoms with E-state index in [0.29, 0.717) is 6.04 Å². The van der Waals surface area contributed by atoms with E-state index in [1.807, 2.05) is 17.5 Å². The fraction of sp³-hybridized carbons (Fsp3) is 0.438. The van der Waals surface area contributed by atoms with Crippen molar-refractivity contribution in [3.05, 3.63) is 46.3 Å². The first-order chi connectivity index (χ1) is 9.70. The fourth-order valence-electron chi connectivity index (χ4n) is 2.05. The smallest absolute Gasteiger partial charge is 0.125 e. The van der Waals surface area contributed by atoms with Gasteiger partial charge in [-0.3, -0.25) is 4.90 Å². The van der Waals surface area contributed by atoms with Crippen LogP contribution in [-0.4, -0.2) is 23.5 Å². The molecule has 1 unspecified atom stereocenters. The second kappa shape index (κ2) is 7.41. The lowest BCUT2D eigenvalue weighted by Crippen LogP contribution is -2.21. The Labute approximate surface area is 125 Å². The molecular weight excluding hydrogens is 266 g/mol. The van der Waals surface area contributed by atoms with E-state index in [4.69, 9.17) is 0 Å². The third kappa shape index (κ3) is 4.05. The van der Waals surface area contributed by atoms with Gasteiger partial charge in [-0.15, -0.1) is 11.3 Å². The van der Waals surface area contributed by atoms with E-state index in [9.17, 15) is 0 Å². The molecule has 2 heterocycles. The van der Waals surface area contributed by atoms with Crippen molar-refractivity contribution in [3.8, 4) is 0 Å². The first-order valence-corrected chi connectivity index (χ1v) is 8.01. The molecule has 1 atom stereocenters. The van der Waals surface area contributed by atoms with Crippen LogP contribution in [0.5, 0.6) is 0 Å². The summed E-state index contributed by atoms with van der Waals surface area (Å²) in [5.74, 6) is 0.963. The highest BCUT2D eigenvalue weighted by atomic mass is 32.1. The zero-order chi connectivity index (χ0) is 14.4. The van der Waals surface area contributed by atoms with Crippen LogP contribution in [0.15, 0.2) is 35.8 Å². The molecule has 0 aromatic carbocycles. The Hall–Kier alpha value is -1.39. The average Bonchev–Trinajstić information content (AvgIpc) is 3.00. The van der Waals surface area contributed by atoms with Crippen LogP contribution < -0.4 is 5.32 Å². The minimum atomic E-state index is 0.438. The molecular formula is C16H23N3S. The standard InChI is InChI=1S/C16H23N3S/c1-4-9-17-16-8-7-14(11-18-16)12-19(3)13(2)15-6-5-10-20-15/h5-8,10-11,13H,4,9,12H2,1-3H3,(H,17,18). The number of rotatable bonds is 7. The second-order valence-corrected chi connectivity index (χ2v) is 6.06. The lowest BCUT2D eigenvalue weighted by Gasteiger charge is -2.23. The first kappa shape index (κ1) is 15.0. The number of nitrogens with one attached hydrogen (secondary N) is 1. The topological polar surface area (TPSA) is 28.2 Å². The third-order valence-corrected chi connectivity index (χ3v) is 4.47. The van der Waals surface area contributed by atoms with Gasteiger partial charge in [0.2, 0.25) is 0 Å². The number of aromatic nitrogens is 1. The van der Waals surface area contributed by atoms with Gasteiger partial charge in [0.1, 0.15) is 5.82 Å². The van der Waals surface area contributed by atoms with Crippen molar-refractivity contribution >= 4 is 17.2 Å². The maximum Gasteiger partial charge on any atom is 0.125 e. The minimum Gasteiger partial charge on any atom is -0.370 e. The molecule has 0 aliphatic heterocycles. The van der Waals surface area contributed by atoms with Gasteiger partial charge in [-0.2, -0.15) is 0 Å². The zero-order valence-corrected chi connectivity index (χ0v) is 13.3. The molecule has 1 N–H and O–H groups in total. The van der Waals surface area contributed by atoms with E-state index < -0.39 is 0 Å². The Morgan fingerprint density at radius 2 is 2.20 bits per heavy atom. The molecule has 4 heteroatoms. The molecule has 0 amide bonds. The van der Waals surface area contributed by atoms with Crippen LogP contribution in [0.2, 0.25) is 0 Å². The molecule has 2 aromatic rings. The van der Waals surface area contributed by atoms with Crippen LogP contribution in [-0.2, 0) is 6.54 Å². The summed E-state index contributed by atoms with van der Waals surface area (Å²) in [7, 11) is 2.16. The summed E-state index contributed by atoms with van der Waals surface area (Å²) in [6, 6.07) is 8.96. The summed E-state index contributed by atoms with van der Waals surface area (Å²) in [6.45, 7) is 6.29. The first-order valence-electron chi connectivity index (χ1n) is 7.13. The molecule has 0 saturated carbocycles. The molecule has 0 saturated heterocycles.